The molecule has 2 fully saturated rings. The van der Waals surface area contributed by atoms with E-state index in [0.29, 0.717) is 17.8 Å². The molecular formula is C24H29NOS. The molecule has 0 radical (unpaired) electrons. The van der Waals surface area contributed by atoms with Crippen molar-refractivity contribution in [2.24, 2.45) is 21.1 Å². The van der Waals surface area contributed by atoms with E-state index in [4.69, 9.17) is 9.13 Å². The Hall–Kier alpha value is -1.58. The van der Waals surface area contributed by atoms with Crippen LogP contribution in [0.1, 0.15) is 44.7 Å². The van der Waals surface area contributed by atoms with Crippen molar-refractivity contribution in [3.8, 4) is 0 Å². The van der Waals surface area contributed by atoms with Gasteiger partial charge in [0.15, 0.2) is 0 Å². The molecule has 0 unspecified atom stereocenters. The fourth-order valence-corrected chi connectivity index (χ4v) is 6.52. The van der Waals surface area contributed by atoms with E-state index in [-0.39, 0.29) is 16.9 Å². The fourth-order valence-electron chi connectivity index (χ4n) is 5.09. The van der Waals surface area contributed by atoms with Crippen LogP contribution in [0.2, 0.25) is 0 Å². The third kappa shape index (κ3) is 3.36. The highest BCUT2D eigenvalue weighted by atomic mass is 32.2. The third-order valence-corrected chi connectivity index (χ3v) is 8.20. The lowest BCUT2D eigenvalue weighted by Crippen LogP contribution is -2.40. The van der Waals surface area contributed by atoms with Gasteiger partial charge in [0.25, 0.3) is 0 Å². The Morgan fingerprint density at radius 3 is 2.41 bits per heavy atom. The van der Waals surface area contributed by atoms with Crippen LogP contribution in [0.3, 0.4) is 0 Å². The van der Waals surface area contributed by atoms with Gasteiger partial charge in [0.1, 0.15) is 0 Å². The zero-order chi connectivity index (χ0) is 18.9. The average molecular weight is 380 g/mol. The topological polar surface area (TPSA) is 21.6 Å². The first-order chi connectivity index (χ1) is 13.0. The normalized spacial score (nSPS) is 31.6. The van der Waals surface area contributed by atoms with Gasteiger partial charge in [0.2, 0.25) is 0 Å². The highest BCUT2D eigenvalue weighted by molar-refractivity contribution is 7.98. The van der Waals surface area contributed by atoms with Crippen molar-refractivity contribution in [3.05, 3.63) is 71.8 Å². The largest absolute Gasteiger partial charge is 0.372 e. The zero-order valence-corrected chi connectivity index (χ0v) is 17.3. The second-order valence-corrected chi connectivity index (χ2v) is 9.68. The second kappa shape index (κ2) is 7.44. The minimum atomic E-state index is 0.215. The van der Waals surface area contributed by atoms with Crippen molar-refractivity contribution in [2.75, 3.05) is 0 Å². The summed E-state index contributed by atoms with van der Waals surface area (Å²) in [5.41, 5.74) is 2.90. The summed E-state index contributed by atoms with van der Waals surface area (Å²) in [7, 11) is 0. The van der Waals surface area contributed by atoms with Crippen molar-refractivity contribution < 1.29 is 4.74 Å². The third-order valence-electron chi connectivity index (χ3n) is 7.15. The van der Waals surface area contributed by atoms with Crippen LogP contribution in [0.5, 0.6) is 0 Å². The Kier molecular flexibility index (Phi) is 5.17. The molecule has 4 atom stereocenters. The van der Waals surface area contributed by atoms with Crippen LogP contribution in [0.4, 0.5) is 0 Å². The Balaban J connectivity index is 1.51. The number of fused-ring (bicyclic) bond motifs is 2. The molecule has 2 aromatic rings. The molecule has 142 valence electrons. The molecule has 0 amide bonds. The van der Waals surface area contributed by atoms with Crippen molar-refractivity contribution in [1.82, 2.24) is 0 Å². The SMILES string of the molecule is CC1(C)[C@@H]2CC[C@@]1(C)[C@H](OCc1ccccc1)[C@@H]2S/N=C/c1ccccc1. The average Bonchev–Trinajstić information content (AvgIpc) is 3.00. The van der Waals surface area contributed by atoms with Crippen molar-refractivity contribution >= 4 is 18.2 Å². The summed E-state index contributed by atoms with van der Waals surface area (Å²) < 4.78 is 11.3. The lowest BCUT2D eigenvalue weighted by molar-refractivity contribution is -0.0526. The van der Waals surface area contributed by atoms with Crippen molar-refractivity contribution in [3.63, 3.8) is 0 Å². The summed E-state index contributed by atoms with van der Waals surface area (Å²) in [6, 6.07) is 20.9. The highest BCUT2D eigenvalue weighted by Crippen LogP contribution is 2.68. The Morgan fingerprint density at radius 1 is 1.04 bits per heavy atom. The van der Waals surface area contributed by atoms with Crippen LogP contribution in [-0.4, -0.2) is 17.6 Å². The lowest BCUT2D eigenvalue weighted by atomic mass is 9.70. The number of nitrogens with zero attached hydrogens (tertiary/aromatic N) is 1. The summed E-state index contributed by atoms with van der Waals surface area (Å²) >= 11 is 1.73. The Bertz CT molecular complexity index is 789. The number of ether oxygens (including phenoxy) is 1. The van der Waals surface area contributed by atoms with E-state index < -0.39 is 0 Å². The molecule has 0 spiro atoms. The number of benzene rings is 2. The predicted octanol–water partition coefficient (Wildman–Crippen LogP) is 6.16. The molecule has 4 rings (SSSR count). The van der Waals surface area contributed by atoms with Gasteiger partial charge in [-0.1, -0.05) is 81.4 Å². The maximum atomic E-state index is 6.58. The monoisotopic (exact) mass is 379 g/mol. The van der Waals surface area contributed by atoms with Gasteiger partial charge in [-0.05, 0) is 47.2 Å². The molecule has 2 aliphatic carbocycles. The summed E-state index contributed by atoms with van der Waals surface area (Å²) in [5, 5.41) is 0.419. The number of rotatable bonds is 6. The fraction of sp³-hybridized carbons (Fsp3) is 0.458. The minimum absolute atomic E-state index is 0.215. The second-order valence-electron chi connectivity index (χ2n) is 8.72. The summed E-state index contributed by atoms with van der Waals surface area (Å²) in [5.74, 6) is 0.654. The Morgan fingerprint density at radius 2 is 1.70 bits per heavy atom. The maximum absolute atomic E-state index is 6.58. The smallest absolute Gasteiger partial charge is 0.0777 e. The minimum Gasteiger partial charge on any atom is -0.372 e. The molecule has 3 heteroatoms. The van der Waals surface area contributed by atoms with Crippen LogP contribution in [-0.2, 0) is 11.3 Å². The summed E-state index contributed by atoms with van der Waals surface area (Å²) in [4.78, 5) is 0. The van der Waals surface area contributed by atoms with E-state index in [1.807, 2.05) is 12.3 Å². The molecular weight excluding hydrogens is 350 g/mol. The van der Waals surface area contributed by atoms with Crippen LogP contribution < -0.4 is 0 Å². The van der Waals surface area contributed by atoms with Gasteiger partial charge in [0.05, 0.1) is 18.0 Å². The van der Waals surface area contributed by atoms with Crippen LogP contribution in [0.25, 0.3) is 0 Å². The van der Waals surface area contributed by atoms with E-state index in [2.05, 4.69) is 75.4 Å². The molecule has 0 N–H and O–H groups in total. The van der Waals surface area contributed by atoms with Gasteiger partial charge in [-0.3, -0.25) is 0 Å². The van der Waals surface area contributed by atoms with Gasteiger partial charge in [-0.15, -0.1) is 0 Å². The van der Waals surface area contributed by atoms with E-state index in [9.17, 15) is 0 Å². The quantitative estimate of drug-likeness (QED) is 0.442. The molecule has 0 saturated heterocycles. The molecule has 2 aliphatic rings. The molecule has 0 aliphatic heterocycles. The molecule has 2 bridgehead atoms. The molecule has 2 aromatic carbocycles. The molecule has 0 heterocycles. The molecule has 0 aromatic heterocycles. The molecule has 2 saturated carbocycles. The summed E-state index contributed by atoms with van der Waals surface area (Å²) in [6.45, 7) is 7.99. The first-order valence-electron chi connectivity index (χ1n) is 9.92. The predicted molar refractivity (Wildman–Crippen MR) is 115 cm³/mol. The maximum Gasteiger partial charge on any atom is 0.0777 e. The highest BCUT2D eigenvalue weighted by Gasteiger charge is 2.67. The van der Waals surface area contributed by atoms with E-state index in [0.717, 1.165) is 5.56 Å². The van der Waals surface area contributed by atoms with Gasteiger partial charge < -0.3 is 4.74 Å². The van der Waals surface area contributed by atoms with Crippen LogP contribution in [0, 0.1) is 16.7 Å². The first-order valence-corrected chi connectivity index (χ1v) is 10.8. The van der Waals surface area contributed by atoms with Crippen molar-refractivity contribution in [1.29, 1.82) is 0 Å². The van der Waals surface area contributed by atoms with Gasteiger partial charge >= 0.3 is 0 Å². The standard InChI is InChI=1S/C24H29NOS/c1-23(2)20-14-15-24(23,3)22(26-17-19-12-8-5-9-13-19)21(20)27-25-16-18-10-6-4-7-11-18/h4-13,16,20-22H,14-15,17H2,1-3H3/b25-16+/t20-,21-,22-,24+/m1/s1. The van der Waals surface area contributed by atoms with E-state index in [1.165, 1.54) is 18.4 Å². The van der Waals surface area contributed by atoms with Gasteiger partial charge in [-0.25, -0.2) is 4.40 Å². The van der Waals surface area contributed by atoms with E-state index >= 15 is 0 Å². The zero-order valence-electron chi connectivity index (χ0n) is 16.5. The van der Waals surface area contributed by atoms with E-state index in [1.54, 1.807) is 11.9 Å². The van der Waals surface area contributed by atoms with Crippen molar-refractivity contribution in [2.45, 2.75) is 51.6 Å². The number of hydrogen-bond donors (Lipinski definition) is 0. The molecule has 2 nitrogen and oxygen atoms in total. The molecule has 27 heavy (non-hydrogen) atoms. The number of hydrogen-bond acceptors (Lipinski definition) is 3. The lowest BCUT2D eigenvalue weighted by Gasteiger charge is -2.39. The van der Waals surface area contributed by atoms with Gasteiger partial charge in [-0.2, -0.15) is 0 Å². The Labute approximate surface area is 167 Å². The van der Waals surface area contributed by atoms with Crippen LogP contribution >= 0.6 is 11.9 Å². The van der Waals surface area contributed by atoms with Crippen LogP contribution in [0.15, 0.2) is 65.1 Å². The summed E-state index contributed by atoms with van der Waals surface area (Å²) in [6.07, 6.45) is 4.77. The first kappa shape index (κ1) is 18.8. The van der Waals surface area contributed by atoms with Gasteiger partial charge in [0, 0.05) is 11.6 Å².